The molecule has 146 valence electrons. The van der Waals surface area contributed by atoms with Crippen molar-refractivity contribution in [2.75, 3.05) is 12.4 Å². The molecule has 3 rings (SSSR count). The van der Waals surface area contributed by atoms with Crippen molar-refractivity contribution in [3.05, 3.63) is 93.6 Å². The maximum atomic E-state index is 12.9. The van der Waals surface area contributed by atoms with Gasteiger partial charge in [0.2, 0.25) is 0 Å². The Morgan fingerprint density at radius 1 is 0.931 bits per heavy atom. The van der Waals surface area contributed by atoms with Crippen LogP contribution in [0, 0.1) is 3.57 Å². The van der Waals surface area contributed by atoms with E-state index in [9.17, 15) is 9.59 Å². The molecule has 0 unspecified atom stereocenters. The standard InChI is InChI=1S/C23H19IN2O3/c1-29-21-10-6-5-9-17(21)15-20(26-22(27)16-7-3-2-4-8-16)23(28)25-19-13-11-18(24)12-14-19/h2-14H,15H2,1H3,(H,25,28). The molecule has 0 heterocycles. The van der Waals surface area contributed by atoms with Gasteiger partial charge in [-0.2, -0.15) is 0 Å². The lowest BCUT2D eigenvalue weighted by Crippen LogP contribution is -2.26. The molecule has 0 aliphatic rings. The van der Waals surface area contributed by atoms with Gasteiger partial charge in [0.1, 0.15) is 11.5 Å². The maximum absolute atomic E-state index is 12.9. The average molecular weight is 498 g/mol. The molecule has 0 bridgehead atoms. The first-order valence-corrected chi connectivity index (χ1v) is 10.0. The molecule has 0 aromatic heterocycles. The molecule has 2 amide bonds. The van der Waals surface area contributed by atoms with Crippen LogP contribution in [0.2, 0.25) is 0 Å². The Bertz CT molecular complexity index is 1030. The van der Waals surface area contributed by atoms with Crippen molar-refractivity contribution in [1.29, 1.82) is 0 Å². The van der Waals surface area contributed by atoms with E-state index in [1.54, 1.807) is 43.5 Å². The highest BCUT2D eigenvalue weighted by Crippen LogP contribution is 2.19. The molecule has 0 atom stereocenters. The number of benzene rings is 3. The van der Waals surface area contributed by atoms with Crippen LogP contribution in [-0.4, -0.2) is 24.6 Å². The summed E-state index contributed by atoms with van der Waals surface area (Å²) < 4.78 is 6.43. The molecule has 1 N–H and O–H groups in total. The number of ether oxygens (including phenoxy) is 1. The van der Waals surface area contributed by atoms with E-state index in [1.165, 1.54) is 0 Å². The number of anilines is 1. The minimum atomic E-state index is -0.465. The van der Waals surface area contributed by atoms with E-state index in [0.29, 0.717) is 17.0 Å². The summed E-state index contributed by atoms with van der Waals surface area (Å²) in [7, 11) is 1.57. The molecule has 29 heavy (non-hydrogen) atoms. The summed E-state index contributed by atoms with van der Waals surface area (Å²) >= 11 is 2.19. The molecule has 0 aliphatic carbocycles. The number of para-hydroxylation sites is 1. The average Bonchev–Trinajstić information content (AvgIpc) is 2.75. The number of carbonyl (C=O) groups excluding carboxylic acids is 2. The first-order valence-electron chi connectivity index (χ1n) is 8.92. The fourth-order valence-electron chi connectivity index (χ4n) is 2.70. The SMILES string of the molecule is COc1ccccc1CC(=NC(=O)c1ccccc1)C(=O)Nc1ccc(I)cc1. The number of nitrogens with zero attached hydrogens (tertiary/aromatic N) is 1. The second-order valence-corrected chi connectivity index (χ2v) is 7.42. The number of nitrogens with one attached hydrogen (secondary N) is 1. The van der Waals surface area contributed by atoms with Crippen molar-refractivity contribution < 1.29 is 14.3 Å². The molecule has 0 aliphatic heterocycles. The van der Waals surface area contributed by atoms with Crippen LogP contribution < -0.4 is 10.1 Å². The van der Waals surface area contributed by atoms with Crippen LogP contribution in [-0.2, 0) is 11.2 Å². The maximum Gasteiger partial charge on any atom is 0.277 e. The molecule has 3 aromatic carbocycles. The Morgan fingerprint density at radius 2 is 1.59 bits per heavy atom. The molecule has 0 spiro atoms. The van der Waals surface area contributed by atoms with Crippen molar-refractivity contribution in [2.24, 2.45) is 4.99 Å². The second kappa shape index (κ2) is 9.97. The normalized spacial score (nSPS) is 11.0. The predicted octanol–water partition coefficient (Wildman–Crippen LogP) is 4.76. The first-order chi connectivity index (χ1) is 14.1. The number of methoxy groups -OCH3 is 1. The van der Waals surface area contributed by atoms with Gasteiger partial charge in [-0.05, 0) is 65.1 Å². The summed E-state index contributed by atoms with van der Waals surface area (Å²) in [6.45, 7) is 0. The molecule has 6 heteroatoms. The number of carbonyl (C=O) groups is 2. The molecule has 0 radical (unpaired) electrons. The summed E-state index contributed by atoms with van der Waals surface area (Å²) in [6, 6.07) is 23.4. The van der Waals surface area contributed by atoms with Gasteiger partial charge in [0.25, 0.3) is 11.8 Å². The predicted molar refractivity (Wildman–Crippen MR) is 123 cm³/mol. The minimum absolute atomic E-state index is 0.113. The highest BCUT2D eigenvalue weighted by molar-refractivity contribution is 14.1. The van der Waals surface area contributed by atoms with E-state index in [4.69, 9.17) is 4.74 Å². The van der Waals surface area contributed by atoms with Crippen molar-refractivity contribution in [1.82, 2.24) is 0 Å². The third-order valence-corrected chi connectivity index (χ3v) is 4.89. The van der Waals surface area contributed by atoms with E-state index in [-0.39, 0.29) is 12.1 Å². The summed E-state index contributed by atoms with van der Waals surface area (Å²) in [5.41, 5.74) is 1.94. The van der Waals surface area contributed by atoms with Crippen LogP contribution in [0.5, 0.6) is 5.75 Å². The third kappa shape index (κ3) is 5.74. The zero-order chi connectivity index (χ0) is 20.6. The molecular weight excluding hydrogens is 479 g/mol. The Labute approximate surface area is 183 Å². The third-order valence-electron chi connectivity index (χ3n) is 4.17. The van der Waals surface area contributed by atoms with Gasteiger partial charge in [-0.1, -0.05) is 36.4 Å². The van der Waals surface area contributed by atoms with Crippen LogP contribution in [0.3, 0.4) is 0 Å². The number of hydrogen-bond donors (Lipinski definition) is 1. The Kier molecular flexibility index (Phi) is 7.13. The number of hydrogen-bond acceptors (Lipinski definition) is 3. The summed E-state index contributed by atoms with van der Waals surface area (Å²) in [6.07, 6.45) is 0.165. The van der Waals surface area contributed by atoms with Crippen molar-refractivity contribution >= 4 is 45.8 Å². The summed E-state index contributed by atoms with van der Waals surface area (Å²) in [5, 5.41) is 2.82. The monoisotopic (exact) mass is 498 g/mol. The largest absolute Gasteiger partial charge is 0.496 e. The zero-order valence-corrected chi connectivity index (χ0v) is 17.9. The van der Waals surface area contributed by atoms with E-state index < -0.39 is 11.8 Å². The lowest BCUT2D eigenvalue weighted by atomic mass is 10.1. The van der Waals surface area contributed by atoms with Gasteiger partial charge in [-0.3, -0.25) is 9.59 Å². The Balaban J connectivity index is 1.91. The van der Waals surface area contributed by atoms with Crippen molar-refractivity contribution in [3.63, 3.8) is 0 Å². The van der Waals surface area contributed by atoms with Gasteiger partial charge in [0.15, 0.2) is 0 Å². The quantitative estimate of drug-likeness (QED) is 0.394. The molecular formula is C23H19IN2O3. The van der Waals surface area contributed by atoms with Crippen LogP contribution in [0.15, 0.2) is 83.9 Å². The highest BCUT2D eigenvalue weighted by Gasteiger charge is 2.17. The molecule has 0 saturated carbocycles. The minimum Gasteiger partial charge on any atom is -0.496 e. The summed E-state index contributed by atoms with van der Waals surface area (Å²) in [4.78, 5) is 29.7. The van der Waals surface area contributed by atoms with Gasteiger partial charge in [0, 0.05) is 26.8 Å². The Hall–Kier alpha value is -3.00. The van der Waals surface area contributed by atoms with E-state index >= 15 is 0 Å². The van der Waals surface area contributed by atoms with E-state index in [2.05, 4.69) is 32.9 Å². The van der Waals surface area contributed by atoms with Gasteiger partial charge in [0.05, 0.1) is 7.11 Å². The van der Waals surface area contributed by atoms with Crippen molar-refractivity contribution in [3.8, 4) is 5.75 Å². The smallest absolute Gasteiger partial charge is 0.277 e. The van der Waals surface area contributed by atoms with Gasteiger partial charge < -0.3 is 10.1 Å². The number of rotatable bonds is 6. The van der Waals surface area contributed by atoms with Crippen LogP contribution in [0.1, 0.15) is 15.9 Å². The van der Waals surface area contributed by atoms with Gasteiger partial charge in [-0.15, -0.1) is 0 Å². The van der Waals surface area contributed by atoms with Gasteiger partial charge >= 0.3 is 0 Å². The number of aliphatic imine (C=N–C) groups is 1. The van der Waals surface area contributed by atoms with E-state index in [0.717, 1.165) is 9.13 Å². The molecule has 3 aromatic rings. The molecule has 0 fully saturated rings. The molecule has 0 saturated heterocycles. The number of halogens is 1. The Morgan fingerprint density at radius 3 is 2.28 bits per heavy atom. The van der Waals surface area contributed by atoms with Crippen molar-refractivity contribution in [2.45, 2.75) is 6.42 Å². The first kappa shape index (κ1) is 20.7. The lowest BCUT2D eigenvalue weighted by Gasteiger charge is -2.11. The number of amides is 2. The topological polar surface area (TPSA) is 67.8 Å². The second-order valence-electron chi connectivity index (χ2n) is 6.18. The van der Waals surface area contributed by atoms with Crippen LogP contribution in [0.4, 0.5) is 5.69 Å². The fraction of sp³-hybridized carbons (Fsp3) is 0.0870. The molecule has 5 nitrogen and oxygen atoms in total. The van der Waals surface area contributed by atoms with Crippen LogP contribution >= 0.6 is 22.6 Å². The summed E-state index contributed by atoms with van der Waals surface area (Å²) in [5.74, 6) is -0.260. The fourth-order valence-corrected chi connectivity index (χ4v) is 3.06. The van der Waals surface area contributed by atoms with Gasteiger partial charge in [-0.25, -0.2) is 4.99 Å². The van der Waals surface area contributed by atoms with Crippen LogP contribution in [0.25, 0.3) is 0 Å². The zero-order valence-electron chi connectivity index (χ0n) is 15.8. The lowest BCUT2D eigenvalue weighted by molar-refractivity contribution is -0.110. The highest BCUT2D eigenvalue weighted by atomic mass is 127. The van der Waals surface area contributed by atoms with E-state index in [1.807, 2.05) is 42.5 Å².